The molecule has 0 bridgehead atoms. The molecule has 0 fully saturated rings. The number of para-hydroxylation sites is 2. The highest BCUT2D eigenvalue weighted by Gasteiger charge is 2.38. The number of hydrogen-bond acceptors (Lipinski definition) is 5. The van der Waals surface area contributed by atoms with Crippen molar-refractivity contribution in [2.45, 2.75) is 12.5 Å². The molecule has 0 amide bonds. The second-order valence-electron chi connectivity index (χ2n) is 11.9. The van der Waals surface area contributed by atoms with E-state index in [9.17, 15) is 0 Å². The Morgan fingerprint density at radius 2 is 0.840 bits per heavy atom. The van der Waals surface area contributed by atoms with E-state index in [4.69, 9.17) is 18.0 Å². The lowest BCUT2D eigenvalue weighted by Gasteiger charge is -2.37. The van der Waals surface area contributed by atoms with Gasteiger partial charge < -0.3 is 22.9 Å². The highest BCUT2D eigenvalue weighted by molar-refractivity contribution is 7.80. The van der Waals surface area contributed by atoms with Gasteiger partial charge in [0.05, 0.1) is 11.4 Å². The molecule has 1 heterocycles. The topological polar surface area (TPSA) is 40.2 Å². The number of ether oxygens (including phenoxy) is 1. The summed E-state index contributed by atoms with van der Waals surface area (Å²) in [6.45, 7) is 0.740. The Morgan fingerprint density at radius 3 is 1.18 bits per heavy atom. The molecule has 0 saturated heterocycles. The Hall–Kier alpha value is -4.12. The van der Waals surface area contributed by atoms with Crippen LogP contribution in [0.3, 0.4) is 0 Å². The van der Waals surface area contributed by atoms with E-state index in [-0.39, 0.29) is 0 Å². The summed E-state index contributed by atoms with van der Waals surface area (Å²) in [6, 6.07) is 57.3. The Balaban J connectivity index is 1.42. The summed E-state index contributed by atoms with van der Waals surface area (Å²) in [5, 5.41) is 7.51. The van der Waals surface area contributed by atoms with E-state index in [2.05, 4.69) is 163 Å². The average Bonchev–Trinajstić information content (AvgIpc) is 3.19. The Kier molecular flexibility index (Phi) is 10.9. The monoisotopic (exact) mass is 713 g/mol. The molecule has 0 radical (unpaired) electrons. The van der Waals surface area contributed by atoms with E-state index in [1.54, 1.807) is 21.3 Å². The first kappa shape index (κ1) is 34.3. The molecular weight excluding hydrogens is 672 g/mol. The van der Waals surface area contributed by atoms with Crippen molar-refractivity contribution in [2.24, 2.45) is 0 Å². The highest BCUT2D eigenvalue weighted by atomic mass is 31.1. The highest BCUT2D eigenvalue weighted by Crippen LogP contribution is 2.52. The predicted octanol–water partition coefficient (Wildman–Crippen LogP) is 7.72. The third kappa shape index (κ3) is 6.93. The number of hydrogen-bond donors (Lipinski definition) is 0. The lowest BCUT2D eigenvalue weighted by Crippen LogP contribution is -2.43. The minimum atomic E-state index is -2.77. The van der Waals surface area contributed by atoms with Crippen molar-refractivity contribution < 1.29 is 18.0 Å². The summed E-state index contributed by atoms with van der Waals surface area (Å²) in [6.07, 6.45) is 0.813. The molecule has 0 unspecified atom stereocenters. The zero-order valence-electron chi connectivity index (χ0n) is 28.6. The summed E-state index contributed by atoms with van der Waals surface area (Å²) < 4.78 is 24.8. The third-order valence-corrected chi connectivity index (χ3v) is 16.8. The van der Waals surface area contributed by atoms with Crippen LogP contribution in [0, 0.1) is 0 Å². The van der Waals surface area contributed by atoms with Crippen molar-refractivity contribution in [1.29, 1.82) is 0 Å². The van der Waals surface area contributed by atoms with Crippen molar-refractivity contribution in [3.8, 4) is 11.5 Å². The maximum absolute atomic E-state index is 7.35. The summed E-state index contributed by atoms with van der Waals surface area (Å²) >= 11 is 0. The summed E-state index contributed by atoms with van der Waals surface area (Å²) in [5.74, 6) is 1.83. The zero-order valence-corrected chi connectivity index (χ0v) is 31.4. The van der Waals surface area contributed by atoms with Crippen LogP contribution in [-0.4, -0.2) is 36.7 Å². The van der Waals surface area contributed by atoms with Gasteiger partial charge in [-0.2, -0.15) is 0 Å². The molecule has 5 nitrogen and oxygen atoms in total. The standard InChI is InChI=1S/C42H41NO4P2Si/c1-44-50(45-2,46-3)32-18-31-43-37-27-16-29-39(48(33-19-8-4-9-20-33)34-21-10-5-11-22-34)41(37)47-42-38(43)28-17-30-40(42)49(35-23-12-6-13-24-35)36-25-14-7-15-26-36/h4-17,19-30H,18,31-32H2,1-3H3. The molecule has 0 N–H and O–H groups in total. The Labute approximate surface area is 299 Å². The molecule has 8 heteroatoms. The first-order valence-corrected chi connectivity index (χ1v) is 21.4. The SMILES string of the molecule is CO[Si](CCCN1c2cccc(P(c3ccccc3)c3ccccc3)c2Oc2c1cccc2P(c1ccccc1)c1ccccc1)(OC)OC. The number of anilines is 2. The van der Waals surface area contributed by atoms with Crippen LogP contribution in [0.2, 0.25) is 6.04 Å². The molecule has 1 aliphatic rings. The van der Waals surface area contributed by atoms with Gasteiger partial charge in [-0.3, -0.25) is 0 Å². The Morgan fingerprint density at radius 1 is 0.480 bits per heavy atom. The molecule has 6 aromatic carbocycles. The second-order valence-corrected chi connectivity index (χ2v) is 19.4. The molecular formula is C42H41NO4P2Si. The summed E-state index contributed by atoms with van der Waals surface area (Å²) in [4.78, 5) is 2.44. The number of rotatable bonds is 13. The van der Waals surface area contributed by atoms with Crippen molar-refractivity contribution in [1.82, 2.24) is 0 Å². The van der Waals surface area contributed by atoms with Gasteiger partial charge in [-0.15, -0.1) is 0 Å². The van der Waals surface area contributed by atoms with Gasteiger partial charge in [0.2, 0.25) is 0 Å². The smallest absolute Gasteiger partial charge is 0.452 e. The van der Waals surface area contributed by atoms with Crippen LogP contribution >= 0.6 is 15.8 Å². The van der Waals surface area contributed by atoms with Gasteiger partial charge in [-0.1, -0.05) is 133 Å². The maximum Gasteiger partial charge on any atom is 0.500 e. The average molecular weight is 714 g/mol. The molecule has 0 aliphatic carbocycles. The van der Waals surface area contributed by atoms with Gasteiger partial charge >= 0.3 is 8.80 Å². The van der Waals surface area contributed by atoms with Crippen LogP contribution in [-0.2, 0) is 13.3 Å². The number of fused-ring (bicyclic) bond motifs is 2. The number of nitrogens with zero attached hydrogens (tertiary/aromatic N) is 1. The second kappa shape index (κ2) is 15.8. The molecule has 0 saturated carbocycles. The van der Waals surface area contributed by atoms with Crippen LogP contribution in [0.5, 0.6) is 11.5 Å². The molecule has 50 heavy (non-hydrogen) atoms. The molecule has 0 atom stereocenters. The molecule has 252 valence electrons. The van der Waals surface area contributed by atoms with E-state index in [0.717, 1.165) is 35.8 Å². The Bertz CT molecular complexity index is 1780. The van der Waals surface area contributed by atoms with Gasteiger partial charge in [0, 0.05) is 44.5 Å². The number of benzene rings is 6. The van der Waals surface area contributed by atoms with Crippen molar-refractivity contribution >= 4 is 67.8 Å². The van der Waals surface area contributed by atoms with Crippen LogP contribution in [0.15, 0.2) is 158 Å². The molecule has 1 aliphatic heterocycles. The fraction of sp³-hybridized carbons (Fsp3) is 0.143. The lowest BCUT2D eigenvalue weighted by molar-refractivity contribution is 0.123. The van der Waals surface area contributed by atoms with Gasteiger partial charge in [-0.05, 0) is 67.7 Å². The van der Waals surface area contributed by atoms with Crippen LogP contribution < -0.4 is 41.5 Å². The van der Waals surface area contributed by atoms with E-state index in [1.165, 1.54) is 31.8 Å². The normalized spacial score (nSPS) is 12.5. The van der Waals surface area contributed by atoms with Crippen molar-refractivity contribution in [3.63, 3.8) is 0 Å². The lowest BCUT2D eigenvalue weighted by atomic mass is 10.1. The largest absolute Gasteiger partial charge is 0.500 e. The predicted molar refractivity (Wildman–Crippen MR) is 214 cm³/mol. The zero-order chi connectivity index (χ0) is 34.3. The van der Waals surface area contributed by atoms with Crippen LogP contribution in [0.1, 0.15) is 6.42 Å². The minimum absolute atomic E-state index is 0.694. The fourth-order valence-electron chi connectivity index (χ4n) is 6.66. The molecule has 7 rings (SSSR count). The quantitative estimate of drug-likeness (QED) is 0.0907. The van der Waals surface area contributed by atoms with Crippen LogP contribution in [0.25, 0.3) is 0 Å². The molecule has 6 aromatic rings. The molecule has 0 aromatic heterocycles. The van der Waals surface area contributed by atoms with Crippen molar-refractivity contribution in [2.75, 3.05) is 32.8 Å². The van der Waals surface area contributed by atoms with Crippen molar-refractivity contribution in [3.05, 3.63) is 158 Å². The maximum atomic E-state index is 7.35. The fourth-order valence-corrected chi connectivity index (χ4v) is 13.1. The van der Waals surface area contributed by atoms with Gasteiger partial charge in [-0.25, -0.2) is 0 Å². The molecule has 0 spiro atoms. The summed E-state index contributed by atoms with van der Waals surface area (Å²) in [7, 11) is 0.436. The van der Waals surface area contributed by atoms with Crippen LogP contribution in [0.4, 0.5) is 11.4 Å². The third-order valence-electron chi connectivity index (χ3n) is 9.07. The van der Waals surface area contributed by atoms with Gasteiger partial charge in [0.15, 0.2) is 11.5 Å². The van der Waals surface area contributed by atoms with E-state index in [0.29, 0.717) is 6.04 Å². The summed E-state index contributed by atoms with van der Waals surface area (Å²) in [5.41, 5.74) is 2.13. The van der Waals surface area contributed by atoms with E-state index < -0.39 is 24.6 Å². The first-order valence-electron chi connectivity index (χ1n) is 16.8. The first-order chi connectivity index (χ1) is 24.7. The van der Waals surface area contributed by atoms with E-state index >= 15 is 0 Å². The van der Waals surface area contributed by atoms with E-state index in [1.807, 2.05) is 0 Å². The van der Waals surface area contributed by atoms with Gasteiger partial charge in [0.1, 0.15) is 0 Å². The van der Waals surface area contributed by atoms with Gasteiger partial charge in [0.25, 0.3) is 0 Å². The minimum Gasteiger partial charge on any atom is -0.452 e.